The van der Waals surface area contributed by atoms with Crippen LogP contribution in [0.5, 0.6) is 0 Å². The minimum atomic E-state index is -0.359. The maximum Gasteiger partial charge on any atom is 0.229 e. The lowest BCUT2D eigenvalue weighted by atomic mass is 9.95. The number of hydrogen-bond donors (Lipinski definition) is 1. The van der Waals surface area contributed by atoms with Crippen molar-refractivity contribution in [2.24, 2.45) is 5.92 Å². The molecule has 0 heterocycles. The monoisotopic (exact) mass is 261 g/mol. The van der Waals surface area contributed by atoms with Gasteiger partial charge >= 0.3 is 0 Å². The van der Waals surface area contributed by atoms with Gasteiger partial charge in [0.15, 0.2) is 0 Å². The number of carbonyl (C=O) groups excluding carboxylic acids is 1. The standard InChI is InChI=1S/C16H23NO2/c1-3-14(12-7-5-4-6-8-12)16(19)17(2)11-15(18)13-9-10-13/h4-8,13-15,18H,3,9-11H2,1-2H3. The highest BCUT2D eigenvalue weighted by Crippen LogP contribution is 2.33. The van der Waals surface area contributed by atoms with Gasteiger partial charge in [0.25, 0.3) is 0 Å². The zero-order chi connectivity index (χ0) is 13.8. The van der Waals surface area contributed by atoms with E-state index in [0.29, 0.717) is 12.5 Å². The molecule has 1 saturated carbocycles. The van der Waals surface area contributed by atoms with E-state index in [-0.39, 0.29) is 17.9 Å². The predicted octanol–water partition coefficient (Wildman–Crippen LogP) is 2.41. The van der Waals surface area contributed by atoms with E-state index in [4.69, 9.17) is 0 Å². The van der Waals surface area contributed by atoms with Gasteiger partial charge in [-0.15, -0.1) is 0 Å². The van der Waals surface area contributed by atoms with Gasteiger partial charge in [0.1, 0.15) is 0 Å². The molecule has 0 aliphatic heterocycles. The fourth-order valence-corrected chi connectivity index (χ4v) is 2.50. The summed E-state index contributed by atoms with van der Waals surface area (Å²) in [5.41, 5.74) is 1.06. The van der Waals surface area contributed by atoms with Crippen LogP contribution in [0.15, 0.2) is 30.3 Å². The maximum atomic E-state index is 12.5. The van der Waals surface area contributed by atoms with Crippen LogP contribution in [-0.4, -0.2) is 35.6 Å². The molecule has 1 aliphatic rings. The Kier molecular flexibility index (Phi) is 4.59. The van der Waals surface area contributed by atoms with Gasteiger partial charge in [-0.05, 0) is 30.7 Å². The van der Waals surface area contributed by atoms with Crippen molar-refractivity contribution in [3.05, 3.63) is 35.9 Å². The number of likely N-dealkylation sites (N-methyl/N-ethyl adjacent to an activating group) is 1. The molecule has 0 saturated heterocycles. The molecule has 1 aromatic carbocycles. The van der Waals surface area contributed by atoms with E-state index in [2.05, 4.69) is 0 Å². The fraction of sp³-hybridized carbons (Fsp3) is 0.562. The van der Waals surface area contributed by atoms with Gasteiger partial charge in [-0.25, -0.2) is 0 Å². The molecule has 0 radical (unpaired) electrons. The number of hydrogen-bond acceptors (Lipinski definition) is 2. The van der Waals surface area contributed by atoms with Crippen molar-refractivity contribution in [1.82, 2.24) is 4.90 Å². The Morgan fingerprint density at radius 2 is 2.00 bits per heavy atom. The molecule has 0 bridgehead atoms. The largest absolute Gasteiger partial charge is 0.391 e. The topological polar surface area (TPSA) is 40.5 Å². The first-order chi connectivity index (χ1) is 9.13. The molecule has 19 heavy (non-hydrogen) atoms. The van der Waals surface area contributed by atoms with Crippen LogP contribution in [0.2, 0.25) is 0 Å². The molecule has 1 N–H and O–H groups in total. The molecule has 3 heteroatoms. The summed E-state index contributed by atoms with van der Waals surface area (Å²) in [5.74, 6) is 0.415. The molecule has 1 fully saturated rings. The van der Waals surface area contributed by atoms with Crippen LogP contribution >= 0.6 is 0 Å². The Bertz CT molecular complexity index is 414. The molecule has 2 atom stereocenters. The molecule has 3 nitrogen and oxygen atoms in total. The van der Waals surface area contributed by atoms with Crippen molar-refractivity contribution < 1.29 is 9.90 Å². The summed E-state index contributed by atoms with van der Waals surface area (Å²) in [5, 5.41) is 9.94. The average Bonchev–Trinajstić information content (AvgIpc) is 3.25. The molecule has 0 aromatic heterocycles. The van der Waals surface area contributed by atoms with Crippen LogP contribution in [0.25, 0.3) is 0 Å². The lowest BCUT2D eigenvalue weighted by Crippen LogP contribution is -2.38. The number of rotatable bonds is 6. The molecule has 1 aromatic rings. The van der Waals surface area contributed by atoms with Gasteiger partial charge in [0.2, 0.25) is 5.91 Å². The number of carbonyl (C=O) groups is 1. The first-order valence-electron chi connectivity index (χ1n) is 7.11. The maximum absolute atomic E-state index is 12.5. The highest BCUT2D eigenvalue weighted by atomic mass is 16.3. The third-order valence-corrected chi connectivity index (χ3v) is 3.91. The number of benzene rings is 1. The van der Waals surface area contributed by atoms with E-state index in [0.717, 1.165) is 24.8 Å². The number of amides is 1. The van der Waals surface area contributed by atoms with Gasteiger partial charge in [-0.3, -0.25) is 4.79 Å². The zero-order valence-electron chi connectivity index (χ0n) is 11.7. The molecule has 2 rings (SSSR count). The van der Waals surface area contributed by atoms with Crippen molar-refractivity contribution in [2.75, 3.05) is 13.6 Å². The third-order valence-electron chi connectivity index (χ3n) is 3.91. The van der Waals surface area contributed by atoms with Gasteiger partial charge in [-0.1, -0.05) is 37.3 Å². The molecule has 0 spiro atoms. The second kappa shape index (κ2) is 6.20. The highest BCUT2D eigenvalue weighted by molar-refractivity contribution is 5.83. The van der Waals surface area contributed by atoms with Crippen molar-refractivity contribution in [3.8, 4) is 0 Å². The van der Waals surface area contributed by atoms with Gasteiger partial charge in [0, 0.05) is 13.6 Å². The average molecular weight is 261 g/mol. The van der Waals surface area contributed by atoms with Crippen molar-refractivity contribution >= 4 is 5.91 Å². The lowest BCUT2D eigenvalue weighted by Gasteiger charge is -2.25. The van der Waals surface area contributed by atoms with Crippen LogP contribution in [-0.2, 0) is 4.79 Å². The van der Waals surface area contributed by atoms with Crippen LogP contribution in [0, 0.1) is 5.92 Å². The molecule has 1 aliphatic carbocycles. The second-order valence-electron chi connectivity index (χ2n) is 5.50. The highest BCUT2D eigenvalue weighted by Gasteiger charge is 2.32. The van der Waals surface area contributed by atoms with E-state index in [1.165, 1.54) is 0 Å². The SMILES string of the molecule is CCC(C(=O)N(C)CC(O)C1CC1)c1ccccc1. The fourth-order valence-electron chi connectivity index (χ4n) is 2.50. The predicted molar refractivity (Wildman–Crippen MR) is 75.8 cm³/mol. The van der Waals surface area contributed by atoms with Crippen LogP contribution in [0.3, 0.4) is 0 Å². The van der Waals surface area contributed by atoms with Crippen LogP contribution in [0.4, 0.5) is 0 Å². The Balaban J connectivity index is 1.99. The summed E-state index contributed by atoms with van der Waals surface area (Å²) in [7, 11) is 1.79. The molecular formula is C16H23NO2. The Hall–Kier alpha value is -1.35. The van der Waals surface area contributed by atoms with Crippen molar-refractivity contribution in [2.45, 2.75) is 38.2 Å². The summed E-state index contributed by atoms with van der Waals surface area (Å²) in [4.78, 5) is 14.2. The minimum absolute atomic E-state index is 0.0994. The van der Waals surface area contributed by atoms with Crippen molar-refractivity contribution in [1.29, 1.82) is 0 Å². The normalized spacial score (nSPS) is 17.8. The first kappa shape index (κ1) is 14.1. The van der Waals surface area contributed by atoms with E-state index >= 15 is 0 Å². The summed E-state index contributed by atoms with van der Waals surface area (Å²) >= 11 is 0. The van der Waals surface area contributed by atoms with Gasteiger partial charge < -0.3 is 10.0 Å². The molecule has 104 valence electrons. The van der Waals surface area contributed by atoms with Crippen LogP contribution < -0.4 is 0 Å². The van der Waals surface area contributed by atoms with E-state index in [1.807, 2.05) is 37.3 Å². The Morgan fingerprint density at radius 3 is 2.53 bits per heavy atom. The Labute approximate surface area is 115 Å². The van der Waals surface area contributed by atoms with E-state index < -0.39 is 0 Å². The number of aliphatic hydroxyl groups is 1. The molecule has 2 unspecified atom stereocenters. The second-order valence-corrected chi connectivity index (χ2v) is 5.50. The summed E-state index contributed by atoms with van der Waals surface area (Å²) < 4.78 is 0. The number of nitrogens with zero attached hydrogens (tertiary/aromatic N) is 1. The minimum Gasteiger partial charge on any atom is -0.391 e. The van der Waals surface area contributed by atoms with Gasteiger partial charge in [0.05, 0.1) is 12.0 Å². The summed E-state index contributed by atoms with van der Waals surface area (Å²) in [6, 6.07) is 9.88. The smallest absolute Gasteiger partial charge is 0.229 e. The Morgan fingerprint density at radius 1 is 1.37 bits per heavy atom. The lowest BCUT2D eigenvalue weighted by molar-refractivity contribution is -0.133. The molecular weight excluding hydrogens is 238 g/mol. The van der Waals surface area contributed by atoms with Gasteiger partial charge in [-0.2, -0.15) is 0 Å². The number of aliphatic hydroxyl groups excluding tert-OH is 1. The zero-order valence-corrected chi connectivity index (χ0v) is 11.7. The van der Waals surface area contributed by atoms with Crippen molar-refractivity contribution in [3.63, 3.8) is 0 Å². The first-order valence-corrected chi connectivity index (χ1v) is 7.11. The van der Waals surface area contributed by atoms with E-state index in [9.17, 15) is 9.90 Å². The summed E-state index contributed by atoms with van der Waals surface area (Å²) in [6.45, 7) is 2.48. The van der Waals surface area contributed by atoms with E-state index in [1.54, 1.807) is 11.9 Å². The third kappa shape index (κ3) is 3.57. The molecule has 1 amide bonds. The van der Waals surface area contributed by atoms with Crippen LogP contribution in [0.1, 0.15) is 37.7 Å². The quantitative estimate of drug-likeness (QED) is 0.854. The summed E-state index contributed by atoms with van der Waals surface area (Å²) in [6.07, 6.45) is 2.62.